The minimum absolute atomic E-state index is 0.0504. The molecule has 1 heterocycles. The van der Waals surface area contributed by atoms with Gasteiger partial charge in [-0.25, -0.2) is 9.18 Å². The molecule has 1 saturated heterocycles. The van der Waals surface area contributed by atoms with Crippen LogP contribution in [0.2, 0.25) is 0 Å². The first-order valence-corrected chi connectivity index (χ1v) is 9.62. The van der Waals surface area contributed by atoms with Crippen LogP contribution in [-0.4, -0.2) is 38.7 Å². The summed E-state index contributed by atoms with van der Waals surface area (Å²) in [7, 11) is 0. The Kier molecular flexibility index (Phi) is 6.09. The van der Waals surface area contributed by atoms with Crippen LogP contribution in [0.5, 0.6) is 0 Å². The molecule has 0 saturated carbocycles. The molecule has 1 aliphatic rings. The lowest BCUT2D eigenvalue weighted by Gasteiger charge is -2.15. The SMILES string of the molecule is Cc1ccc(C(=O)O)c(NC(=O)CN2C(=O)/C(=C/c3ccc(F)cc3)SC2=S)c1. The number of nitrogens with zero attached hydrogens (tertiary/aromatic N) is 1. The number of carboxylic acid groups (broad SMARTS) is 1. The van der Waals surface area contributed by atoms with Gasteiger partial charge in [-0.1, -0.05) is 42.2 Å². The Morgan fingerprint density at radius 3 is 2.59 bits per heavy atom. The zero-order chi connectivity index (χ0) is 21.1. The summed E-state index contributed by atoms with van der Waals surface area (Å²) in [5.74, 6) is -2.57. The van der Waals surface area contributed by atoms with Crippen LogP contribution in [0, 0.1) is 12.7 Å². The molecule has 2 amide bonds. The number of anilines is 1. The van der Waals surface area contributed by atoms with Crippen LogP contribution in [-0.2, 0) is 9.59 Å². The van der Waals surface area contributed by atoms with Crippen molar-refractivity contribution in [3.8, 4) is 0 Å². The van der Waals surface area contributed by atoms with Crippen molar-refractivity contribution in [2.75, 3.05) is 11.9 Å². The average Bonchev–Trinajstić information content (AvgIpc) is 2.91. The molecule has 0 radical (unpaired) electrons. The number of carbonyl (C=O) groups is 3. The number of thioether (sulfide) groups is 1. The first-order chi connectivity index (χ1) is 13.7. The molecule has 0 aromatic heterocycles. The van der Waals surface area contributed by atoms with Gasteiger partial charge in [0.2, 0.25) is 5.91 Å². The second-order valence-electron chi connectivity index (χ2n) is 6.22. The molecular formula is C20H15FN2O4S2. The number of aromatic carboxylic acids is 1. The van der Waals surface area contributed by atoms with Crippen molar-refractivity contribution >= 4 is 57.8 Å². The number of hydrogen-bond donors (Lipinski definition) is 2. The molecule has 2 aromatic rings. The molecule has 2 N–H and O–H groups in total. The molecule has 0 aliphatic carbocycles. The summed E-state index contributed by atoms with van der Waals surface area (Å²) in [5, 5.41) is 11.8. The van der Waals surface area contributed by atoms with E-state index in [0.29, 0.717) is 10.5 Å². The number of thiocarbonyl (C=S) groups is 1. The molecule has 29 heavy (non-hydrogen) atoms. The largest absolute Gasteiger partial charge is 0.478 e. The average molecular weight is 430 g/mol. The molecule has 3 rings (SSSR count). The number of nitrogens with one attached hydrogen (secondary N) is 1. The van der Waals surface area contributed by atoms with E-state index >= 15 is 0 Å². The Balaban J connectivity index is 1.73. The van der Waals surface area contributed by atoms with Crippen LogP contribution in [0.15, 0.2) is 47.4 Å². The van der Waals surface area contributed by atoms with Crippen LogP contribution in [0.1, 0.15) is 21.5 Å². The van der Waals surface area contributed by atoms with Crippen LogP contribution in [0.4, 0.5) is 10.1 Å². The molecule has 148 valence electrons. The fourth-order valence-corrected chi connectivity index (χ4v) is 3.88. The molecular weight excluding hydrogens is 415 g/mol. The Hall–Kier alpha value is -3.04. The molecule has 1 fully saturated rings. The van der Waals surface area contributed by atoms with Gasteiger partial charge < -0.3 is 10.4 Å². The molecule has 2 aromatic carbocycles. The maximum absolute atomic E-state index is 13.0. The fraction of sp³-hybridized carbons (Fsp3) is 0.100. The first-order valence-electron chi connectivity index (χ1n) is 8.39. The summed E-state index contributed by atoms with van der Waals surface area (Å²) in [5.41, 5.74) is 1.50. The predicted octanol–water partition coefficient (Wildman–Crippen LogP) is 3.67. The van der Waals surface area contributed by atoms with Gasteiger partial charge in [-0.3, -0.25) is 14.5 Å². The zero-order valence-electron chi connectivity index (χ0n) is 15.1. The third kappa shape index (κ3) is 4.87. The van der Waals surface area contributed by atoms with Crippen molar-refractivity contribution in [3.63, 3.8) is 0 Å². The number of hydrogen-bond acceptors (Lipinski definition) is 5. The highest BCUT2D eigenvalue weighted by Gasteiger charge is 2.33. The molecule has 0 bridgehead atoms. The summed E-state index contributed by atoms with van der Waals surface area (Å²) in [6.07, 6.45) is 1.57. The van der Waals surface area contributed by atoms with Crippen LogP contribution >= 0.6 is 24.0 Å². The minimum atomic E-state index is -1.17. The van der Waals surface area contributed by atoms with Gasteiger partial charge in [0.05, 0.1) is 16.2 Å². The summed E-state index contributed by atoms with van der Waals surface area (Å²) >= 11 is 6.24. The van der Waals surface area contributed by atoms with Crippen molar-refractivity contribution in [2.24, 2.45) is 0 Å². The number of amides is 2. The lowest BCUT2D eigenvalue weighted by Crippen LogP contribution is -2.36. The maximum Gasteiger partial charge on any atom is 0.337 e. The lowest BCUT2D eigenvalue weighted by atomic mass is 10.1. The second kappa shape index (κ2) is 8.54. The Labute approximate surface area is 175 Å². The van der Waals surface area contributed by atoms with Crippen molar-refractivity contribution in [2.45, 2.75) is 6.92 Å². The number of rotatable bonds is 5. The van der Waals surface area contributed by atoms with E-state index in [1.165, 1.54) is 30.3 Å². The van der Waals surface area contributed by atoms with Crippen molar-refractivity contribution in [3.05, 3.63) is 69.9 Å². The van der Waals surface area contributed by atoms with Gasteiger partial charge in [0.15, 0.2) is 0 Å². The van der Waals surface area contributed by atoms with Crippen LogP contribution in [0.25, 0.3) is 6.08 Å². The van der Waals surface area contributed by atoms with E-state index in [9.17, 15) is 23.9 Å². The molecule has 6 nitrogen and oxygen atoms in total. The van der Waals surface area contributed by atoms with Gasteiger partial charge in [-0.15, -0.1) is 0 Å². The van der Waals surface area contributed by atoms with E-state index in [2.05, 4.69) is 5.32 Å². The molecule has 9 heteroatoms. The summed E-state index contributed by atoms with van der Waals surface area (Å²) in [6.45, 7) is 1.42. The van der Waals surface area contributed by atoms with E-state index in [4.69, 9.17) is 12.2 Å². The normalized spacial score (nSPS) is 15.1. The molecule has 0 spiro atoms. The maximum atomic E-state index is 13.0. The van der Waals surface area contributed by atoms with E-state index in [0.717, 1.165) is 22.2 Å². The van der Waals surface area contributed by atoms with Gasteiger partial charge >= 0.3 is 5.97 Å². The predicted molar refractivity (Wildman–Crippen MR) is 113 cm³/mol. The number of aryl methyl sites for hydroxylation is 1. The standard InChI is InChI=1S/C20H15FN2O4S2/c1-11-2-7-14(19(26)27)15(8-11)22-17(24)10-23-18(25)16(29-20(23)28)9-12-3-5-13(21)6-4-12/h2-9H,10H2,1H3,(H,22,24)(H,26,27)/b16-9-. The third-order valence-corrected chi connectivity index (χ3v) is 5.40. The Morgan fingerprint density at radius 2 is 1.93 bits per heavy atom. The summed E-state index contributed by atoms with van der Waals surface area (Å²) < 4.78 is 13.2. The van der Waals surface area contributed by atoms with Gasteiger partial charge in [0.25, 0.3) is 5.91 Å². The second-order valence-corrected chi connectivity index (χ2v) is 7.90. The van der Waals surface area contributed by atoms with Gasteiger partial charge in [0.1, 0.15) is 16.7 Å². The van der Waals surface area contributed by atoms with Crippen molar-refractivity contribution in [1.29, 1.82) is 0 Å². The summed E-state index contributed by atoms with van der Waals surface area (Å²) in [4.78, 5) is 37.8. The number of halogens is 1. The highest BCUT2D eigenvalue weighted by atomic mass is 32.2. The quantitative estimate of drug-likeness (QED) is 0.556. The lowest BCUT2D eigenvalue weighted by molar-refractivity contribution is -0.126. The highest BCUT2D eigenvalue weighted by Crippen LogP contribution is 2.32. The van der Waals surface area contributed by atoms with E-state index in [-0.39, 0.29) is 27.9 Å². The summed E-state index contributed by atoms with van der Waals surface area (Å²) in [6, 6.07) is 10.2. The molecule has 0 atom stereocenters. The van der Waals surface area contributed by atoms with E-state index < -0.39 is 17.8 Å². The number of carboxylic acids is 1. The Morgan fingerprint density at radius 1 is 1.24 bits per heavy atom. The molecule has 1 aliphatic heterocycles. The number of carbonyl (C=O) groups excluding carboxylic acids is 2. The first kappa shape index (κ1) is 20.7. The monoisotopic (exact) mass is 430 g/mol. The smallest absolute Gasteiger partial charge is 0.337 e. The fourth-order valence-electron chi connectivity index (χ4n) is 2.63. The van der Waals surface area contributed by atoms with Gasteiger partial charge in [0, 0.05) is 0 Å². The highest BCUT2D eigenvalue weighted by molar-refractivity contribution is 8.26. The van der Waals surface area contributed by atoms with Gasteiger partial charge in [-0.2, -0.15) is 0 Å². The van der Waals surface area contributed by atoms with Crippen molar-refractivity contribution < 1.29 is 23.9 Å². The van der Waals surface area contributed by atoms with Crippen LogP contribution in [0.3, 0.4) is 0 Å². The topological polar surface area (TPSA) is 86.7 Å². The molecule has 0 unspecified atom stereocenters. The number of benzene rings is 2. The minimum Gasteiger partial charge on any atom is -0.478 e. The van der Waals surface area contributed by atoms with Crippen molar-refractivity contribution in [1.82, 2.24) is 4.90 Å². The third-order valence-electron chi connectivity index (χ3n) is 4.02. The van der Waals surface area contributed by atoms with E-state index in [1.54, 1.807) is 25.1 Å². The van der Waals surface area contributed by atoms with Crippen LogP contribution < -0.4 is 5.32 Å². The Bertz CT molecular complexity index is 1050. The van der Waals surface area contributed by atoms with E-state index in [1.807, 2.05) is 0 Å². The zero-order valence-corrected chi connectivity index (χ0v) is 16.8. The van der Waals surface area contributed by atoms with Gasteiger partial charge in [-0.05, 0) is 48.4 Å².